The van der Waals surface area contributed by atoms with E-state index in [4.69, 9.17) is 5.11 Å². The van der Waals surface area contributed by atoms with Gasteiger partial charge in [0, 0.05) is 6.54 Å². The molecule has 0 spiro atoms. The molecule has 0 aromatic rings. The molecular weight excluding hydrogens is 220 g/mol. The van der Waals surface area contributed by atoms with E-state index < -0.39 is 18.0 Å². The Kier molecular flexibility index (Phi) is 5.25. The molecule has 2 unspecified atom stereocenters. The number of hydrogen-bond acceptors (Lipinski definition) is 2. The lowest BCUT2D eigenvalue weighted by Crippen LogP contribution is -2.46. The SMILES string of the molecule is CC1CCCCC1CNC(=O)N[C@@H](C)C(=O)O. The van der Waals surface area contributed by atoms with Crippen LogP contribution < -0.4 is 10.6 Å². The van der Waals surface area contributed by atoms with Crippen molar-refractivity contribution in [2.24, 2.45) is 11.8 Å². The molecule has 0 saturated heterocycles. The van der Waals surface area contributed by atoms with Gasteiger partial charge in [0.2, 0.25) is 0 Å². The molecule has 0 aromatic heterocycles. The smallest absolute Gasteiger partial charge is 0.325 e. The van der Waals surface area contributed by atoms with Crippen molar-refractivity contribution in [1.29, 1.82) is 0 Å². The highest BCUT2D eigenvalue weighted by Gasteiger charge is 2.22. The molecule has 5 nitrogen and oxygen atoms in total. The Morgan fingerprint density at radius 3 is 2.59 bits per heavy atom. The predicted molar refractivity (Wildman–Crippen MR) is 64.8 cm³/mol. The van der Waals surface area contributed by atoms with Crippen LogP contribution in [0.4, 0.5) is 4.79 Å². The number of amides is 2. The van der Waals surface area contributed by atoms with Crippen molar-refractivity contribution < 1.29 is 14.7 Å². The maximum atomic E-state index is 11.4. The predicted octanol–water partition coefficient (Wildman–Crippen LogP) is 1.58. The van der Waals surface area contributed by atoms with Crippen molar-refractivity contribution in [2.45, 2.75) is 45.6 Å². The zero-order valence-corrected chi connectivity index (χ0v) is 10.5. The average molecular weight is 242 g/mol. The van der Waals surface area contributed by atoms with Gasteiger partial charge in [-0.3, -0.25) is 4.79 Å². The molecule has 98 valence electrons. The van der Waals surface area contributed by atoms with Crippen LogP contribution in [0.5, 0.6) is 0 Å². The normalized spacial score (nSPS) is 26.0. The molecule has 0 radical (unpaired) electrons. The molecule has 0 aromatic carbocycles. The molecule has 2 amide bonds. The van der Waals surface area contributed by atoms with Crippen LogP contribution in [0.3, 0.4) is 0 Å². The summed E-state index contributed by atoms with van der Waals surface area (Å²) >= 11 is 0. The minimum atomic E-state index is -1.02. The second-order valence-corrected chi connectivity index (χ2v) is 4.94. The van der Waals surface area contributed by atoms with E-state index in [-0.39, 0.29) is 0 Å². The van der Waals surface area contributed by atoms with Gasteiger partial charge in [-0.15, -0.1) is 0 Å². The first kappa shape index (κ1) is 13.8. The lowest BCUT2D eigenvalue weighted by molar-refractivity contribution is -0.138. The van der Waals surface area contributed by atoms with E-state index in [9.17, 15) is 9.59 Å². The Morgan fingerprint density at radius 1 is 1.35 bits per heavy atom. The number of nitrogens with one attached hydrogen (secondary N) is 2. The van der Waals surface area contributed by atoms with Crippen molar-refractivity contribution >= 4 is 12.0 Å². The molecule has 3 atom stereocenters. The highest BCUT2D eigenvalue weighted by molar-refractivity contribution is 5.82. The van der Waals surface area contributed by atoms with Crippen molar-refractivity contribution in [2.75, 3.05) is 6.54 Å². The Labute approximate surface area is 102 Å². The quantitative estimate of drug-likeness (QED) is 0.700. The molecule has 3 N–H and O–H groups in total. The number of hydrogen-bond donors (Lipinski definition) is 3. The van der Waals surface area contributed by atoms with Gasteiger partial charge in [0.1, 0.15) is 6.04 Å². The monoisotopic (exact) mass is 242 g/mol. The van der Waals surface area contributed by atoms with Gasteiger partial charge in [0.05, 0.1) is 0 Å². The molecule has 5 heteroatoms. The van der Waals surface area contributed by atoms with Gasteiger partial charge in [0.25, 0.3) is 0 Å². The summed E-state index contributed by atoms with van der Waals surface area (Å²) in [4.78, 5) is 22.0. The van der Waals surface area contributed by atoms with Gasteiger partial charge in [-0.05, 0) is 25.2 Å². The molecule has 1 aliphatic rings. The van der Waals surface area contributed by atoms with Gasteiger partial charge in [0.15, 0.2) is 0 Å². The topological polar surface area (TPSA) is 78.4 Å². The van der Waals surface area contributed by atoms with E-state index in [1.807, 2.05) is 0 Å². The molecule has 1 fully saturated rings. The van der Waals surface area contributed by atoms with E-state index >= 15 is 0 Å². The van der Waals surface area contributed by atoms with Gasteiger partial charge in [-0.25, -0.2) is 4.79 Å². The van der Waals surface area contributed by atoms with Crippen LogP contribution >= 0.6 is 0 Å². The fraction of sp³-hybridized carbons (Fsp3) is 0.833. The van der Waals surface area contributed by atoms with E-state index in [0.29, 0.717) is 18.4 Å². The van der Waals surface area contributed by atoms with Crippen LogP contribution in [-0.2, 0) is 4.79 Å². The number of urea groups is 1. The molecule has 0 bridgehead atoms. The highest BCUT2D eigenvalue weighted by Crippen LogP contribution is 2.28. The van der Waals surface area contributed by atoms with Crippen LogP contribution in [0.1, 0.15) is 39.5 Å². The first-order valence-corrected chi connectivity index (χ1v) is 6.28. The van der Waals surface area contributed by atoms with Crippen molar-refractivity contribution in [3.63, 3.8) is 0 Å². The van der Waals surface area contributed by atoms with Crippen molar-refractivity contribution in [3.8, 4) is 0 Å². The van der Waals surface area contributed by atoms with Gasteiger partial charge in [-0.2, -0.15) is 0 Å². The first-order valence-electron chi connectivity index (χ1n) is 6.28. The summed E-state index contributed by atoms with van der Waals surface area (Å²) in [6.45, 7) is 4.30. The maximum Gasteiger partial charge on any atom is 0.325 e. The molecule has 17 heavy (non-hydrogen) atoms. The third-order valence-electron chi connectivity index (χ3n) is 3.53. The molecule has 1 rings (SSSR count). The Bertz CT molecular complexity index is 281. The number of aliphatic carboxylic acids is 1. The minimum absolute atomic E-state index is 0.391. The van der Waals surface area contributed by atoms with Crippen LogP contribution in [0, 0.1) is 11.8 Å². The summed E-state index contributed by atoms with van der Waals surface area (Å²) in [6.07, 6.45) is 4.87. The number of carboxylic acids is 1. The molecule has 0 heterocycles. The standard InChI is InChI=1S/C12H22N2O3/c1-8-5-3-4-6-10(8)7-13-12(17)14-9(2)11(15)16/h8-10H,3-7H2,1-2H3,(H,15,16)(H2,13,14,17)/t8?,9-,10?/m0/s1. The molecular formula is C12H22N2O3. The molecule has 1 aliphatic carbocycles. The summed E-state index contributed by atoms with van der Waals surface area (Å²) in [5.41, 5.74) is 0. The zero-order valence-electron chi connectivity index (χ0n) is 10.5. The summed E-state index contributed by atoms with van der Waals surface area (Å²) < 4.78 is 0. The molecule has 0 aliphatic heterocycles. The lowest BCUT2D eigenvalue weighted by Gasteiger charge is -2.28. The third kappa shape index (κ3) is 4.63. The number of rotatable bonds is 4. The van der Waals surface area contributed by atoms with Crippen molar-refractivity contribution in [1.82, 2.24) is 10.6 Å². The Balaban J connectivity index is 2.25. The van der Waals surface area contributed by atoms with Crippen molar-refractivity contribution in [3.05, 3.63) is 0 Å². The van der Waals surface area contributed by atoms with Gasteiger partial charge < -0.3 is 15.7 Å². The second kappa shape index (κ2) is 6.47. The van der Waals surface area contributed by atoms with E-state index in [0.717, 1.165) is 6.42 Å². The summed E-state index contributed by atoms with van der Waals surface area (Å²) in [5.74, 6) is 0.141. The van der Waals surface area contributed by atoms with Crippen LogP contribution in [0.25, 0.3) is 0 Å². The number of carbonyl (C=O) groups is 2. The van der Waals surface area contributed by atoms with Gasteiger partial charge in [-0.1, -0.05) is 26.2 Å². The summed E-state index contributed by atoms with van der Waals surface area (Å²) in [5, 5.41) is 13.8. The Morgan fingerprint density at radius 2 is 2.00 bits per heavy atom. The van der Waals surface area contributed by atoms with Crippen LogP contribution in [0.15, 0.2) is 0 Å². The fourth-order valence-corrected chi connectivity index (χ4v) is 2.23. The fourth-order valence-electron chi connectivity index (χ4n) is 2.23. The highest BCUT2D eigenvalue weighted by atomic mass is 16.4. The summed E-state index contributed by atoms with van der Waals surface area (Å²) in [6, 6.07) is -1.24. The van der Waals surface area contributed by atoms with E-state index in [1.54, 1.807) is 0 Å². The largest absolute Gasteiger partial charge is 0.480 e. The van der Waals surface area contributed by atoms with Gasteiger partial charge >= 0.3 is 12.0 Å². The zero-order chi connectivity index (χ0) is 12.8. The maximum absolute atomic E-state index is 11.4. The van der Waals surface area contributed by atoms with E-state index in [2.05, 4.69) is 17.6 Å². The molecule has 1 saturated carbocycles. The van der Waals surface area contributed by atoms with Crippen LogP contribution in [-0.4, -0.2) is 29.7 Å². The average Bonchev–Trinajstić information content (AvgIpc) is 2.27. The third-order valence-corrected chi connectivity index (χ3v) is 3.53. The minimum Gasteiger partial charge on any atom is -0.480 e. The van der Waals surface area contributed by atoms with Crippen LogP contribution in [0.2, 0.25) is 0 Å². The first-order chi connectivity index (χ1) is 8.00. The Hall–Kier alpha value is -1.26. The second-order valence-electron chi connectivity index (χ2n) is 4.94. The number of carboxylic acid groups (broad SMARTS) is 1. The lowest BCUT2D eigenvalue weighted by atomic mass is 9.80. The number of carbonyl (C=O) groups excluding carboxylic acids is 1. The summed E-state index contributed by atoms with van der Waals surface area (Å²) in [7, 11) is 0. The van der Waals surface area contributed by atoms with E-state index in [1.165, 1.54) is 26.2 Å².